The van der Waals surface area contributed by atoms with Gasteiger partial charge in [0.25, 0.3) is 0 Å². The van der Waals surface area contributed by atoms with Crippen LogP contribution in [0.25, 0.3) is 11.3 Å². The van der Waals surface area contributed by atoms with Crippen molar-refractivity contribution >= 4 is 15.9 Å². The molecular formula is C13H14BrFN2O. The molecule has 0 saturated carbocycles. The van der Waals surface area contributed by atoms with Gasteiger partial charge in [-0.3, -0.25) is 0 Å². The predicted molar refractivity (Wildman–Crippen MR) is 71.6 cm³/mol. The van der Waals surface area contributed by atoms with Gasteiger partial charge < -0.3 is 9.73 Å². The molecule has 2 aromatic rings. The van der Waals surface area contributed by atoms with E-state index in [1.54, 1.807) is 24.4 Å². The summed E-state index contributed by atoms with van der Waals surface area (Å²) in [6.07, 6.45) is 2.60. The fourth-order valence-electron chi connectivity index (χ4n) is 1.58. The van der Waals surface area contributed by atoms with Crippen LogP contribution in [0, 0.1) is 5.82 Å². The minimum Gasteiger partial charge on any atom is -0.439 e. The van der Waals surface area contributed by atoms with Crippen LogP contribution in [0.4, 0.5) is 4.39 Å². The smallest absolute Gasteiger partial charge is 0.208 e. The van der Waals surface area contributed by atoms with Gasteiger partial charge in [0.15, 0.2) is 5.76 Å². The monoisotopic (exact) mass is 312 g/mol. The molecule has 1 N–H and O–H groups in total. The van der Waals surface area contributed by atoms with Crippen LogP contribution >= 0.6 is 15.9 Å². The number of benzene rings is 1. The molecular weight excluding hydrogens is 299 g/mol. The first kappa shape index (κ1) is 13.2. The Morgan fingerprint density at radius 1 is 1.44 bits per heavy atom. The van der Waals surface area contributed by atoms with E-state index in [9.17, 15) is 4.39 Å². The average molecular weight is 313 g/mol. The van der Waals surface area contributed by atoms with Crippen LogP contribution in [-0.2, 0) is 6.54 Å². The molecule has 96 valence electrons. The lowest BCUT2D eigenvalue weighted by Crippen LogP contribution is -2.13. The van der Waals surface area contributed by atoms with Crippen LogP contribution in [0.2, 0.25) is 0 Å². The van der Waals surface area contributed by atoms with Crippen LogP contribution in [0.1, 0.15) is 19.2 Å². The standard InChI is InChI=1S/C13H14BrFN2O/c1-2-6-16-8-12-17-7-11(18-12)9-4-3-5-10(14)13(9)15/h3-5,7,16H,2,6,8H2,1H3. The Morgan fingerprint density at radius 3 is 3.06 bits per heavy atom. The molecule has 5 heteroatoms. The molecule has 0 aliphatic rings. The molecule has 1 aromatic carbocycles. The first-order valence-electron chi connectivity index (χ1n) is 5.82. The van der Waals surface area contributed by atoms with E-state index in [4.69, 9.17) is 4.42 Å². The van der Waals surface area contributed by atoms with Crippen molar-refractivity contribution in [3.8, 4) is 11.3 Å². The number of rotatable bonds is 5. The summed E-state index contributed by atoms with van der Waals surface area (Å²) in [6, 6.07) is 5.09. The number of aromatic nitrogens is 1. The minimum absolute atomic E-state index is 0.332. The third-order valence-corrected chi connectivity index (χ3v) is 3.09. The fraction of sp³-hybridized carbons (Fsp3) is 0.308. The predicted octanol–water partition coefficient (Wildman–Crippen LogP) is 3.74. The Labute approximate surface area is 114 Å². The van der Waals surface area contributed by atoms with Crippen LogP contribution in [-0.4, -0.2) is 11.5 Å². The van der Waals surface area contributed by atoms with E-state index in [2.05, 4.69) is 33.2 Å². The maximum Gasteiger partial charge on any atom is 0.208 e. The van der Waals surface area contributed by atoms with Crippen molar-refractivity contribution in [1.82, 2.24) is 10.3 Å². The Balaban J connectivity index is 2.16. The highest BCUT2D eigenvalue weighted by Crippen LogP contribution is 2.28. The molecule has 1 aromatic heterocycles. The normalized spacial score (nSPS) is 10.8. The molecule has 2 rings (SSSR count). The SMILES string of the molecule is CCCNCc1ncc(-c2cccc(Br)c2F)o1. The molecule has 0 aliphatic carbocycles. The highest BCUT2D eigenvalue weighted by Gasteiger charge is 2.12. The Morgan fingerprint density at radius 2 is 2.28 bits per heavy atom. The molecule has 3 nitrogen and oxygen atoms in total. The number of oxazole rings is 1. The maximum absolute atomic E-state index is 13.9. The largest absolute Gasteiger partial charge is 0.439 e. The quantitative estimate of drug-likeness (QED) is 0.855. The summed E-state index contributed by atoms with van der Waals surface area (Å²) in [4.78, 5) is 4.12. The molecule has 1 heterocycles. The molecule has 0 atom stereocenters. The Hall–Kier alpha value is -1.20. The number of halogens is 2. The number of nitrogens with zero attached hydrogens (tertiary/aromatic N) is 1. The lowest BCUT2D eigenvalue weighted by Gasteiger charge is -2.01. The number of hydrogen-bond acceptors (Lipinski definition) is 3. The molecule has 18 heavy (non-hydrogen) atoms. The summed E-state index contributed by atoms with van der Waals surface area (Å²) in [5.74, 6) is 0.682. The summed E-state index contributed by atoms with van der Waals surface area (Å²) in [6.45, 7) is 3.55. The molecule has 0 amide bonds. The van der Waals surface area contributed by atoms with Gasteiger partial charge in [-0.05, 0) is 41.0 Å². The third-order valence-electron chi connectivity index (χ3n) is 2.47. The third kappa shape index (κ3) is 2.97. The van der Waals surface area contributed by atoms with Crippen molar-refractivity contribution in [2.75, 3.05) is 6.54 Å². The Bertz CT molecular complexity index is 527. The van der Waals surface area contributed by atoms with Crippen LogP contribution < -0.4 is 5.32 Å². The van der Waals surface area contributed by atoms with E-state index in [0.29, 0.717) is 28.2 Å². The van der Waals surface area contributed by atoms with Crippen molar-refractivity contribution in [3.63, 3.8) is 0 Å². The zero-order valence-electron chi connectivity index (χ0n) is 10.0. The lowest BCUT2D eigenvalue weighted by molar-refractivity contribution is 0.475. The molecule has 0 spiro atoms. The van der Waals surface area contributed by atoms with Gasteiger partial charge in [0.1, 0.15) is 5.82 Å². The molecule has 0 fully saturated rings. The summed E-state index contributed by atoms with van der Waals surface area (Å²) in [7, 11) is 0. The maximum atomic E-state index is 13.9. The second kappa shape index (κ2) is 6.11. The first-order chi connectivity index (χ1) is 8.72. The summed E-state index contributed by atoms with van der Waals surface area (Å²) < 4.78 is 19.8. The molecule has 0 aliphatic heterocycles. The number of hydrogen-bond donors (Lipinski definition) is 1. The minimum atomic E-state index is -0.332. The van der Waals surface area contributed by atoms with Gasteiger partial charge in [0, 0.05) is 0 Å². The van der Waals surface area contributed by atoms with Gasteiger partial charge in [0.2, 0.25) is 5.89 Å². The van der Waals surface area contributed by atoms with Gasteiger partial charge in [-0.1, -0.05) is 13.0 Å². The topological polar surface area (TPSA) is 38.1 Å². The average Bonchev–Trinajstić information content (AvgIpc) is 2.82. The van der Waals surface area contributed by atoms with E-state index in [1.807, 2.05) is 0 Å². The zero-order valence-corrected chi connectivity index (χ0v) is 11.6. The van der Waals surface area contributed by atoms with Crippen molar-refractivity contribution in [1.29, 1.82) is 0 Å². The Kier molecular flexibility index (Phi) is 4.49. The van der Waals surface area contributed by atoms with E-state index >= 15 is 0 Å². The van der Waals surface area contributed by atoms with Gasteiger partial charge in [0.05, 0.1) is 22.8 Å². The van der Waals surface area contributed by atoms with Crippen LogP contribution in [0.5, 0.6) is 0 Å². The highest BCUT2D eigenvalue weighted by molar-refractivity contribution is 9.10. The lowest BCUT2D eigenvalue weighted by atomic mass is 10.2. The fourth-order valence-corrected chi connectivity index (χ4v) is 1.95. The number of nitrogens with one attached hydrogen (secondary N) is 1. The van der Waals surface area contributed by atoms with Crippen LogP contribution in [0.15, 0.2) is 33.3 Å². The first-order valence-corrected chi connectivity index (χ1v) is 6.61. The second-order valence-corrected chi connectivity index (χ2v) is 4.75. The molecule has 0 radical (unpaired) electrons. The summed E-state index contributed by atoms with van der Waals surface area (Å²) >= 11 is 3.15. The summed E-state index contributed by atoms with van der Waals surface area (Å²) in [5.41, 5.74) is 0.415. The highest BCUT2D eigenvalue weighted by atomic mass is 79.9. The van der Waals surface area contributed by atoms with E-state index in [1.165, 1.54) is 0 Å². The van der Waals surface area contributed by atoms with Crippen molar-refractivity contribution in [2.45, 2.75) is 19.9 Å². The second-order valence-electron chi connectivity index (χ2n) is 3.90. The van der Waals surface area contributed by atoms with E-state index < -0.39 is 0 Å². The van der Waals surface area contributed by atoms with E-state index in [0.717, 1.165) is 13.0 Å². The van der Waals surface area contributed by atoms with Gasteiger partial charge in [-0.25, -0.2) is 9.37 Å². The van der Waals surface area contributed by atoms with Crippen LogP contribution in [0.3, 0.4) is 0 Å². The molecule has 0 saturated heterocycles. The van der Waals surface area contributed by atoms with Gasteiger partial charge in [-0.2, -0.15) is 0 Å². The zero-order chi connectivity index (χ0) is 13.0. The van der Waals surface area contributed by atoms with Crippen molar-refractivity contribution in [3.05, 3.63) is 40.6 Å². The van der Waals surface area contributed by atoms with Crippen molar-refractivity contribution < 1.29 is 8.81 Å². The van der Waals surface area contributed by atoms with E-state index in [-0.39, 0.29) is 5.82 Å². The molecule has 0 unspecified atom stereocenters. The van der Waals surface area contributed by atoms with Gasteiger partial charge >= 0.3 is 0 Å². The molecule has 0 bridgehead atoms. The van der Waals surface area contributed by atoms with Crippen molar-refractivity contribution in [2.24, 2.45) is 0 Å². The summed E-state index contributed by atoms with van der Waals surface area (Å²) in [5, 5.41) is 3.18. The van der Waals surface area contributed by atoms with Gasteiger partial charge in [-0.15, -0.1) is 0 Å².